The number of fused-ring (bicyclic) bond motifs is 1. The molecule has 2 aromatic rings. The third-order valence-corrected chi connectivity index (χ3v) is 5.97. The minimum absolute atomic E-state index is 0.0385. The second-order valence-electron chi connectivity index (χ2n) is 8.09. The van der Waals surface area contributed by atoms with E-state index in [1.807, 2.05) is 0 Å². The lowest BCUT2D eigenvalue weighted by Gasteiger charge is -2.26. The number of rotatable bonds is 5. The molecular weight excluding hydrogens is 345 g/mol. The molecule has 1 aliphatic heterocycles. The van der Waals surface area contributed by atoms with Crippen LogP contribution in [0, 0.1) is 17.7 Å². The van der Waals surface area contributed by atoms with Gasteiger partial charge in [0.15, 0.2) is 5.78 Å². The monoisotopic (exact) mass is 369 g/mol. The van der Waals surface area contributed by atoms with Crippen molar-refractivity contribution in [1.29, 1.82) is 0 Å². The maximum atomic E-state index is 13.9. The largest absolute Gasteiger partial charge is 0.508 e. The van der Waals surface area contributed by atoms with Crippen molar-refractivity contribution in [3.05, 3.63) is 65.5 Å². The average molecular weight is 369 g/mol. The third-order valence-electron chi connectivity index (χ3n) is 5.97. The molecule has 0 aromatic heterocycles. The van der Waals surface area contributed by atoms with Gasteiger partial charge >= 0.3 is 0 Å². The number of halogens is 1. The van der Waals surface area contributed by atoms with Gasteiger partial charge in [-0.25, -0.2) is 4.39 Å². The first-order valence-corrected chi connectivity index (χ1v) is 9.42. The van der Waals surface area contributed by atoms with Crippen molar-refractivity contribution < 1.29 is 19.4 Å². The molecule has 4 nitrogen and oxygen atoms in total. The minimum Gasteiger partial charge on any atom is -0.508 e. The molecule has 1 aliphatic carbocycles. The normalized spacial score (nSPS) is 27.6. The van der Waals surface area contributed by atoms with Crippen LogP contribution in [0.2, 0.25) is 0 Å². The lowest BCUT2D eigenvalue weighted by molar-refractivity contribution is 0.0347. The fraction of sp³-hybridized carbons (Fsp3) is 0.409. The van der Waals surface area contributed by atoms with E-state index >= 15 is 0 Å². The number of aromatic hydroxyl groups is 1. The van der Waals surface area contributed by atoms with E-state index in [2.05, 4.69) is 4.90 Å². The van der Waals surface area contributed by atoms with Crippen LogP contribution in [-0.4, -0.2) is 46.1 Å². The van der Waals surface area contributed by atoms with E-state index < -0.39 is 5.60 Å². The summed E-state index contributed by atoms with van der Waals surface area (Å²) in [5, 5.41) is 20.3. The third kappa shape index (κ3) is 3.89. The molecule has 2 aliphatic rings. The molecule has 0 amide bonds. The highest BCUT2D eigenvalue weighted by Gasteiger charge is 2.48. The van der Waals surface area contributed by atoms with Crippen molar-refractivity contribution in [1.82, 2.24) is 4.90 Å². The number of nitrogens with zero attached hydrogens (tertiary/aromatic N) is 1. The van der Waals surface area contributed by atoms with Crippen molar-refractivity contribution in [2.24, 2.45) is 11.8 Å². The molecule has 1 saturated carbocycles. The van der Waals surface area contributed by atoms with Crippen molar-refractivity contribution in [2.75, 3.05) is 19.6 Å². The first-order chi connectivity index (χ1) is 12.9. The molecule has 142 valence electrons. The highest BCUT2D eigenvalue weighted by Crippen LogP contribution is 2.45. The number of benzene rings is 2. The van der Waals surface area contributed by atoms with Crippen LogP contribution in [0.3, 0.4) is 0 Å². The first kappa shape index (κ1) is 18.1. The molecule has 2 unspecified atom stereocenters. The predicted molar refractivity (Wildman–Crippen MR) is 100 cm³/mol. The van der Waals surface area contributed by atoms with Gasteiger partial charge in [0.2, 0.25) is 0 Å². The fourth-order valence-electron chi connectivity index (χ4n) is 4.77. The Hall–Kier alpha value is -2.24. The quantitative estimate of drug-likeness (QED) is 0.796. The summed E-state index contributed by atoms with van der Waals surface area (Å²) in [7, 11) is 0. The highest BCUT2D eigenvalue weighted by molar-refractivity contribution is 5.97. The zero-order valence-corrected chi connectivity index (χ0v) is 15.1. The molecule has 0 radical (unpaired) electrons. The molecule has 2 fully saturated rings. The summed E-state index contributed by atoms with van der Waals surface area (Å²) in [4.78, 5) is 14.6. The molecule has 27 heavy (non-hydrogen) atoms. The molecule has 2 N–H and O–H groups in total. The van der Waals surface area contributed by atoms with Gasteiger partial charge in [-0.1, -0.05) is 18.2 Å². The number of phenols is 1. The van der Waals surface area contributed by atoms with Crippen molar-refractivity contribution >= 4 is 5.78 Å². The molecule has 5 heteroatoms. The van der Waals surface area contributed by atoms with E-state index in [0.29, 0.717) is 48.8 Å². The van der Waals surface area contributed by atoms with Crippen LogP contribution < -0.4 is 0 Å². The molecule has 2 aromatic carbocycles. The molecule has 0 bridgehead atoms. The molecule has 0 spiro atoms. The van der Waals surface area contributed by atoms with Crippen molar-refractivity contribution in [3.8, 4) is 5.75 Å². The number of carbonyl (C=O) groups is 1. The van der Waals surface area contributed by atoms with Gasteiger partial charge in [0.25, 0.3) is 0 Å². The Balaban J connectivity index is 1.34. The zero-order chi connectivity index (χ0) is 19.0. The smallest absolute Gasteiger partial charge is 0.176 e. The van der Waals surface area contributed by atoms with Crippen LogP contribution in [0.1, 0.15) is 28.8 Å². The Morgan fingerprint density at radius 3 is 2.33 bits per heavy atom. The highest BCUT2D eigenvalue weighted by atomic mass is 19.1. The molecular formula is C22H24FNO3. The van der Waals surface area contributed by atoms with Gasteiger partial charge in [-0.05, 0) is 60.6 Å². The predicted octanol–water partition coefficient (Wildman–Crippen LogP) is 3.03. The van der Waals surface area contributed by atoms with E-state index in [9.17, 15) is 19.4 Å². The standard InChI is InChI=1S/C22H24FNO3/c23-20-4-2-1-3-16(20)9-22(27)10-17-12-24(13-18(17)11-22)14-21(26)15-5-7-19(25)8-6-15/h1-8,17-18,25,27H,9-14H2. The number of hydrogen-bond acceptors (Lipinski definition) is 4. The Bertz CT molecular complexity index is 822. The van der Waals surface area contributed by atoms with Crippen molar-refractivity contribution in [2.45, 2.75) is 24.9 Å². The van der Waals surface area contributed by atoms with E-state index in [-0.39, 0.29) is 17.3 Å². The summed E-state index contributed by atoms with van der Waals surface area (Å²) in [6.45, 7) is 1.92. The number of ketones is 1. The Kier molecular flexibility index (Phi) is 4.74. The first-order valence-electron chi connectivity index (χ1n) is 9.42. The Morgan fingerprint density at radius 1 is 1.07 bits per heavy atom. The molecule has 1 saturated heterocycles. The van der Waals surface area contributed by atoms with E-state index in [4.69, 9.17) is 0 Å². The molecule has 1 heterocycles. The van der Waals surface area contributed by atoms with Crippen LogP contribution in [0.25, 0.3) is 0 Å². The van der Waals surface area contributed by atoms with Gasteiger partial charge in [0.1, 0.15) is 11.6 Å². The second-order valence-corrected chi connectivity index (χ2v) is 8.09. The topological polar surface area (TPSA) is 60.8 Å². The number of likely N-dealkylation sites (tertiary alicyclic amines) is 1. The number of hydrogen-bond donors (Lipinski definition) is 2. The van der Waals surface area contributed by atoms with E-state index in [1.54, 1.807) is 30.3 Å². The van der Waals surface area contributed by atoms with E-state index in [0.717, 1.165) is 13.1 Å². The molecule has 2 atom stereocenters. The average Bonchev–Trinajstić information content (AvgIpc) is 3.11. The maximum Gasteiger partial charge on any atom is 0.176 e. The molecule has 4 rings (SSSR count). The zero-order valence-electron chi connectivity index (χ0n) is 15.1. The summed E-state index contributed by atoms with van der Waals surface area (Å²) in [5.74, 6) is 0.612. The van der Waals surface area contributed by atoms with E-state index in [1.165, 1.54) is 18.2 Å². The number of aliphatic hydroxyl groups is 1. The van der Waals surface area contributed by atoms with Gasteiger partial charge in [-0.3, -0.25) is 9.69 Å². The van der Waals surface area contributed by atoms with Gasteiger partial charge in [0.05, 0.1) is 12.1 Å². The lowest BCUT2D eigenvalue weighted by atomic mass is 9.91. The Labute approximate surface area is 158 Å². The number of carbonyl (C=O) groups excluding carboxylic acids is 1. The van der Waals surface area contributed by atoms with Crippen LogP contribution in [0.5, 0.6) is 5.75 Å². The maximum absolute atomic E-state index is 13.9. The summed E-state index contributed by atoms with van der Waals surface area (Å²) in [6.07, 6.45) is 1.64. The van der Waals surface area contributed by atoms with Gasteiger partial charge in [-0.15, -0.1) is 0 Å². The number of Topliss-reactive ketones (excluding diaryl/α,β-unsaturated/α-hetero) is 1. The summed E-state index contributed by atoms with van der Waals surface area (Å²) in [5.41, 5.74) is 0.310. The summed E-state index contributed by atoms with van der Waals surface area (Å²) < 4.78 is 13.9. The van der Waals surface area contributed by atoms with Crippen LogP contribution in [-0.2, 0) is 6.42 Å². The second kappa shape index (κ2) is 7.06. The summed E-state index contributed by atoms with van der Waals surface area (Å²) in [6, 6.07) is 13.0. The summed E-state index contributed by atoms with van der Waals surface area (Å²) >= 11 is 0. The fourth-order valence-corrected chi connectivity index (χ4v) is 4.77. The van der Waals surface area contributed by atoms with Crippen molar-refractivity contribution in [3.63, 3.8) is 0 Å². The minimum atomic E-state index is -0.857. The van der Waals surface area contributed by atoms with Gasteiger partial charge in [0, 0.05) is 25.1 Å². The van der Waals surface area contributed by atoms with Gasteiger partial charge < -0.3 is 10.2 Å². The Morgan fingerprint density at radius 2 is 1.70 bits per heavy atom. The van der Waals surface area contributed by atoms with Crippen LogP contribution in [0.4, 0.5) is 4.39 Å². The van der Waals surface area contributed by atoms with Crippen LogP contribution in [0.15, 0.2) is 48.5 Å². The SMILES string of the molecule is O=C(CN1CC2CC(O)(Cc3ccccc3F)CC2C1)c1ccc(O)cc1. The number of phenolic OH excluding ortho intramolecular Hbond substituents is 1. The van der Waals surface area contributed by atoms with Gasteiger partial charge in [-0.2, -0.15) is 0 Å². The van der Waals surface area contributed by atoms with Crippen LogP contribution >= 0.6 is 0 Å². The lowest BCUT2D eigenvalue weighted by Crippen LogP contribution is -2.34.